The molecule has 2 amide bonds. The smallest absolute Gasteiger partial charge is 0.251 e. The maximum absolute atomic E-state index is 12.0. The predicted molar refractivity (Wildman–Crippen MR) is 81.2 cm³/mol. The Morgan fingerprint density at radius 2 is 1.95 bits per heavy atom. The second kappa shape index (κ2) is 7.75. The average Bonchev–Trinajstić information content (AvgIpc) is 2.52. The molecule has 0 atom stereocenters. The maximum atomic E-state index is 12.0. The molecule has 0 aliphatic carbocycles. The van der Waals surface area contributed by atoms with Crippen LogP contribution in [0.4, 0.5) is 0 Å². The molecule has 0 unspecified atom stereocenters. The summed E-state index contributed by atoms with van der Waals surface area (Å²) in [6.07, 6.45) is 0.918. The summed E-state index contributed by atoms with van der Waals surface area (Å²) >= 11 is 0. The maximum Gasteiger partial charge on any atom is 0.251 e. The van der Waals surface area contributed by atoms with E-state index in [9.17, 15) is 9.59 Å². The van der Waals surface area contributed by atoms with E-state index in [1.807, 2.05) is 0 Å². The van der Waals surface area contributed by atoms with Gasteiger partial charge in [0.15, 0.2) is 0 Å². The molecular weight excluding hydrogens is 268 g/mol. The van der Waals surface area contributed by atoms with Gasteiger partial charge < -0.3 is 21.3 Å². The second-order valence-electron chi connectivity index (χ2n) is 5.15. The van der Waals surface area contributed by atoms with Crippen molar-refractivity contribution < 1.29 is 9.59 Å². The lowest BCUT2D eigenvalue weighted by atomic mass is 10.1. The Balaban J connectivity index is 1.74. The third kappa shape index (κ3) is 4.84. The molecule has 1 heterocycles. The first-order valence-electron chi connectivity index (χ1n) is 7.28. The number of primary amides is 1. The average molecular weight is 290 g/mol. The molecule has 1 aliphatic heterocycles. The molecule has 21 heavy (non-hydrogen) atoms. The minimum Gasteiger partial charge on any atom is -0.366 e. The summed E-state index contributed by atoms with van der Waals surface area (Å²) in [6, 6.07) is 6.46. The molecule has 0 bridgehead atoms. The van der Waals surface area contributed by atoms with Crippen molar-refractivity contribution in [1.82, 2.24) is 15.5 Å². The molecule has 0 spiro atoms. The van der Waals surface area contributed by atoms with Crippen LogP contribution in [-0.2, 0) is 0 Å². The fraction of sp³-hybridized carbons (Fsp3) is 0.467. The van der Waals surface area contributed by atoms with Crippen LogP contribution in [0.25, 0.3) is 0 Å². The van der Waals surface area contributed by atoms with Crippen LogP contribution < -0.4 is 16.4 Å². The van der Waals surface area contributed by atoms with Crippen molar-refractivity contribution in [2.75, 3.05) is 39.3 Å². The number of carbonyl (C=O) groups excluding carboxylic acids is 2. The monoisotopic (exact) mass is 290 g/mol. The molecule has 6 nitrogen and oxygen atoms in total. The van der Waals surface area contributed by atoms with E-state index in [4.69, 9.17) is 5.73 Å². The number of benzene rings is 1. The zero-order valence-electron chi connectivity index (χ0n) is 12.1. The highest BCUT2D eigenvalue weighted by atomic mass is 16.2. The summed E-state index contributed by atoms with van der Waals surface area (Å²) in [6.45, 7) is 5.81. The third-order valence-corrected chi connectivity index (χ3v) is 3.56. The van der Waals surface area contributed by atoms with E-state index in [1.165, 1.54) is 6.07 Å². The van der Waals surface area contributed by atoms with Gasteiger partial charge in [0.2, 0.25) is 5.91 Å². The van der Waals surface area contributed by atoms with Gasteiger partial charge in [-0.3, -0.25) is 9.59 Å². The number of nitrogens with one attached hydrogen (secondary N) is 2. The van der Waals surface area contributed by atoms with Gasteiger partial charge in [0.05, 0.1) is 0 Å². The first-order valence-corrected chi connectivity index (χ1v) is 7.28. The van der Waals surface area contributed by atoms with E-state index in [2.05, 4.69) is 15.5 Å². The number of rotatable bonds is 6. The fourth-order valence-corrected chi connectivity index (χ4v) is 2.36. The van der Waals surface area contributed by atoms with Crippen LogP contribution in [0.1, 0.15) is 27.1 Å². The molecule has 1 aromatic carbocycles. The Labute approximate surface area is 124 Å². The minimum atomic E-state index is -0.525. The van der Waals surface area contributed by atoms with Gasteiger partial charge in [-0.05, 0) is 31.2 Å². The lowest BCUT2D eigenvalue weighted by Crippen LogP contribution is -2.44. The Morgan fingerprint density at radius 3 is 2.67 bits per heavy atom. The van der Waals surface area contributed by atoms with Crippen molar-refractivity contribution in [3.05, 3.63) is 35.4 Å². The summed E-state index contributed by atoms with van der Waals surface area (Å²) in [7, 11) is 0. The minimum absolute atomic E-state index is 0.168. The van der Waals surface area contributed by atoms with Crippen LogP contribution in [0.15, 0.2) is 24.3 Å². The number of carbonyl (C=O) groups is 2. The van der Waals surface area contributed by atoms with Gasteiger partial charge in [0, 0.05) is 43.9 Å². The fourth-order valence-electron chi connectivity index (χ4n) is 2.36. The zero-order chi connectivity index (χ0) is 15.1. The molecule has 4 N–H and O–H groups in total. The number of piperazine rings is 1. The summed E-state index contributed by atoms with van der Waals surface area (Å²) in [5, 5.41) is 6.18. The molecule has 114 valence electrons. The SMILES string of the molecule is NC(=O)c1cccc(C(=O)NCCCN2CCNCC2)c1. The van der Waals surface area contributed by atoms with E-state index in [-0.39, 0.29) is 5.91 Å². The second-order valence-corrected chi connectivity index (χ2v) is 5.15. The molecule has 0 radical (unpaired) electrons. The van der Waals surface area contributed by atoms with Crippen LogP contribution >= 0.6 is 0 Å². The van der Waals surface area contributed by atoms with E-state index >= 15 is 0 Å². The van der Waals surface area contributed by atoms with Gasteiger partial charge in [-0.1, -0.05) is 6.07 Å². The molecule has 1 aromatic rings. The Bertz CT molecular complexity index is 498. The Kier molecular flexibility index (Phi) is 5.71. The van der Waals surface area contributed by atoms with Crippen molar-refractivity contribution >= 4 is 11.8 Å². The molecule has 6 heteroatoms. The van der Waals surface area contributed by atoms with Crippen LogP contribution in [0.5, 0.6) is 0 Å². The van der Waals surface area contributed by atoms with Gasteiger partial charge in [0.1, 0.15) is 0 Å². The van der Waals surface area contributed by atoms with Crippen LogP contribution in [0.3, 0.4) is 0 Å². The zero-order valence-corrected chi connectivity index (χ0v) is 12.1. The van der Waals surface area contributed by atoms with Gasteiger partial charge in [-0.15, -0.1) is 0 Å². The number of hydrogen-bond donors (Lipinski definition) is 3. The van der Waals surface area contributed by atoms with Gasteiger partial charge in [-0.25, -0.2) is 0 Å². The number of nitrogens with zero attached hydrogens (tertiary/aromatic N) is 1. The van der Waals surface area contributed by atoms with E-state index in [0.29, 0.717) is 17.7 Å². The topological polar surface area (TPSA) is 87.5 Å². The van der Waals surface area contributed by atoms with Gasteiger partial charge >= 0.3 is 0 Å². The standard InChI is InChI=1S/C15H22N4O2/c16-14(20)12-3-1-4-13(11-12)15(21)18-5-2-8-19-9-6-17-7-10-19/h1,3-4,11,17H,2,5-10H2,(H2,16,20)(H,18,21). The molecule has 2 rings (SSSR count). The van der Waals surface area contributed by atoms with E-state index in [1.54, 1.807) is 18.2 Å². The number of hydrogen-bond acceptors (Lipinski definition) is 4. The quantitative estimate of drug-likeness (QED) is 0.634. The van der Waals surface area contributed by atoms with Crippen molar-refractivity contribution in [2.24, 2.45) is 5.73 Å². The van der Waals surface area contributed by atoms with Crippen LogP contribution in [0.2, 0.25) is 0 Å². The molecule has 1 aliphatic rings. The van der Waals surface area contributed by atoms with Crippen molar-refractivity contribution in [3.63, 3.8) is 0 Å². The first-order chi connectivity index (χ1) is 10.2. The highest BCUT2D eigenvalue weighted by molar-refractivity contribution is 5.99. The molecule has 1 fully saturated rings. The third-order valence-electron chi connectivity index (χ3n) is 3.56. The van der Waals surface area contributed by atoms with Crippen molar-refractivity contribution in [3.8, 4) is 0 Å². The van der Waals surface area contributed by atoms with Crippen molar-refractivity contribution in [1.29, 1.82) is 0 Å². The molecule has 1 saturated heterocycles. The lowest BCUT2D eigenvalue weighted by Gasteiger charge is -2.27. The summed E-state index contributed by atoms with van der Waals surface area (Å²) in [5.41, 5.74) is 6.02. The molecular formula is C15H22N4O2. The molecule has 0 saturated carbocycles. The number of amides is 2. The number of nitrogens with two attached hydrogens (primary N) is 1. The van der Waals surface area contributed by atoms with Crippen LogP contribution in [0, 0.1) is 0 Å². The summed E-state index contributed by atoms with van der Waals surface area (Å²) < 4.78 is 0. The highest BCUT2D eigenvalue weighted by Crippen LogP contribution is 2.04. The molecule has 0 aromatic heterocycles. The summed E-state index contributed by atoms with van der Waals surface area (Å²) in [5.74, 6) is -0.693. The Hall–Kier alpha value is -1.92. The van der Waals surface area contributed by atoms with E-state index < -0.39 is 5.91 Å². The lowest BCUT2D eigenvalue weighted by molar-refractivity contribution is 0.0951. The first kappa shape index (κ1) is 15.5. The van der Waals surface area contributed by atoms with Crippen LogP contribution in [-0.4, -0.2) is 56.0 Å². The summed E-state index contributed by atoms with van der Waals surface area (Å²) in [4.78, 5) is 25.5. The van der Waals surface area contributed by atoms with Gasteiger partial charge in [-0.2, -0.15) is 0 Å². The van der Waals surface area contributed by atoms with Crippen molar-refractivity contribution in [2.45, 2.75) is 6.42 Å². The normalized spacial score (nSPS) is 15.6. The highest BCUT2D eigenvalue weighted by Gasteiger charge is 2.10. The van der Waals surface area contributed by atoms with E-state index in [0.717, 1.165) is 39.1 Å². The predicted octanol–water partition coefficient (Wildman–Crippen LogP) is -0.189. The Morgan fingerprint density at radius 1 is 1.24 bits per heavy atom. The largest absolute Gasteiger partial charge is 0.366 e. The van der Waals surface area contributed by atoms with Gasteiger partial charge in [0.25, 0.3) is 5.91 Å².